The Labute approximate surface area is 196 Å². The van der Waals surface area contributed by atoms with Crippen LogP contribution in [0.4, 0.5) is 17.1 Å². The van der Waals surface area contributed by atoms with Crippen LogP contribution in [0.5, 0.6) is 5.75 Å². The summed E-state index contributed by atoms with van der Waals surface area (Å²) in [6, 6.07) is 3.32. The topological polar surface area (TPSA) is 125 Å². The highest BCUT2D eigenvalue weighted by molar-refractivity contribution is 5.97. The molecule has 178 valence electrons. The zero-order valence-corrected chi connectivity index (χ0v) is 19.7. The number of aromatic nitrogens is 1. The number of aryl methyl sites for hydroxylation is 2. The van der Waals surface area contributed by atoms with Gasteiger partial charge in [0.25, 0.3) is 16.8 Å². The summed E-state index contributed by atoms with van der Waals surface area (Å²) < 4.78 is 5.96. The van der Waals surface area contributed by atoms with Crippen molar-refractivity contribution in [2.75, 3.05) is 17.7 Å². The number of anilines is 3. The van der Waals surface area contributed by atoms with E-state index in [4.69, 9.17) is 4.42 Å². The number of furan rings is 1. The average Bonchev–Trinajstić information content (AvgIpc) is 3.58. The smallest absolute Gasteiger partial charge is 0.276 e. The van der Waals surface area contributed by atoms with Gasteiger partial charge in [0.2, 0.25) is 0 Å². The summed E-state index contributed by atoms with van der Waals surface area (Å²) in [4.78, 5) is 43.3. The molecule has 1 aromatic carbocycles. The highest BCUT2D eigenvalue weighted by Gasteiger charge is 2.40. The number of carbonyl (C=O) groups excluding carboxylic acids is 1. The van der Waals surface area contributed by atoms with Crippen molar-refractivity contribution in [3.63, 3.8) is 0 Å². The lowest BCUT2D eigenvalue weighted by Gasteiger charge is -2.38. The Morgan fingerprint density at radius 1 is 1.24 bits per heavy atom. The van der Waals surface area contributed by atoms with Gasteiger partial charge in [-0.2, -0.15) is 0 Å². The first kappa shape index (κ1) is 22.2. The van der Waals surface area contributed by atoms with E-state index < -0.39 is 16.8 Å². The lowest BCUT2D eigenvalue weighted by Crippen LogP contribution is -2.41. The highest BCUT2D eigenvalue weighted by Crippen LogP contribution is 2.47. The Bertz CT molecular complexity index is 1360. The van der Waals surface area contributed by atoms with E-state index in [0.717, 1.165) is 42.8 Å². The third kappa shape index (κ3) is 3.55. The summed E-state index contributed by atoms with van der Waals surface area (Å²) in [5.74, 6) is 0.820. The lowest BCUT2D eigenvalue weighted by atomic mass is 9.73. The van der Waals surface area contributed by atoms with E-state index in [1.165, 1.54) is 12.3 Å². The molecule has 2 aromatic heterocycles. The molecule has 1 saturated carbocycles. The number of rotatable bonds is 6. The van der Waals surface area contributed by atoms with Crippen LogP contribution in [0.25, 0.3) is 0 Å². The van der Waals surface area contributed by atoms with Crippen LogP contribution in [0, 0.1) is 12.3 Å². The first-order chi connectivity index (χ1) is 16.1. The molecule has 0 saturated heterocycles. The third-order valence-corrected chi connectivity index (χ3v) is 7.05. The molecule has 3 aromatic rings. The van der Waals surface area contributed by atoms with Crippen LogP contribution in [0.1, 0.15) is 66.7 Å². The number of amides is 1. The number of fused-ring (bicyclic) bond motifs is 1. The minimum absolute atomic E-state index is 0.0478. The van der Waals surface area contributed by atoms with E-state index in [1.807, 2.05) is 13.0 Å². The van der Waals surface area contributed by atoms with Gasteiger partial charge < -0.3 is 25.1 Å². The second kappa shape index (κ2) is 7.72. The van der Waals surface area contributed by atoms with E-state index in [1.54, 1.807) is 11.9 Å². The van der Waals surface area contributed by atoms with Crippen LogP contribution in [-0.2, 0) is 6.42 Å². The Morgan fingerprint density at radius 2 is 1.94 bits per heavy atom. The number of aromatic hydroxyl groups is 1. The number of nitrogens with one attached hydrogen (secondary N) is 2. The van der Waals surface area contributed by atoms with Gasteiger partial charge in [0.1, 0.15) is 22.9 Å². The first-order valence-electron chi connectivity index (χ1n) is 11.5. The van der Waals surface area contributed by atoms with Crippen molar-refractivity contribution < 1.29 is 14.3 Å². The van der Waals surface area contributed by atoms with Gasteiger partial charge in [-0.25, -0.2) is 4.98 Å². The Morgan fingerprint density at radius 3 is 2.65 bits per heavy atom. The second-order valence-electron chi connectivity index (χ2n) is 10.0. The van der Waals surface area contributed by atoms with Crippen LogP contribution in [0.2, 0.25) is 0 Å². The normalized spacial score (nSPS) is 19.0. The van der Waals surface area contributed by atoms with Crippen LogP contribution in [-0.4, -0.2) is 34.0 Å². The maximum absolute atomic E-state index is 12.7. The number of hydrogen-bond acceptors (Lipinski definition) is 8. The van der Waals surface area contributed by atoms with Crippen molar-refractivity contribution >= 4 is 23.0 Å². The zero-order chi connectivity index (χ0) is 24.4. The molecule has 3 N–H and O–H groups in total. The van der Waals surface area contributed by atoms with Gasteiger partial charge in [0.05, 0.1) is 11.7 Å². The summed E-state index contributed by atoms with van der Waals surface area (Å²) in [6.07, 6.45) is 5.00. The molecule has 0 radical (unpaired) electrons. The van der Waals surface area contributed by atoms with Crippen molar-refractivity contribution in [3.8, 4) is 5.75 Å². The van der Waals surface area contributed by atoms with E-state index in [-0.39, 0.29) is 46.0 Å². The van der Waals surface area contributed by atoms with Gasteiger partial charge in [-0.3, -0.25) is 14.4 Å². The predicted molar refractivity (Wildman–Crippen MR) is 128 cm³/mol. The molecule has 0 aliphatic heterocycles. The lowest BCUT2D eigenvalue weighted by molar-refractivity contribution is 0.0776. The quantitative estimate of drug-likeness (QED) is 0.474. The fourth-order valence-electron chi connectivity index (χ4n) is 4.68. The largest absolute Gasteiger partial charge is 0.504 e. The minimum Gasteiger partial charge on any atom is -0.504 e. The fourth-order valence-corrected chi connectivity index (χ4v) is 4.68. The monoisotopic (exact) mass is 464 g/mol. The molecule has 5 rings (SSSR count). The first-order valence-corrected chi connectivity index (χ1v) is 11.5. The van der Waals surface area contributed by atoms with Crippen molar-refractivity contribution in [3.05, 3.63) is 61.6 Å². The van der Waals surface area contributed by atoms with Crippen molar-refractivity contribution in [2.45, 2.75) is 58.5 Å². The van der Waals surface area contributed by atoms with E-state index in [0.29, 0.717) is 0 Å². The summed E-state index contributed by atoms with van der Waals surface area (Å²) >= 11 is 0. The van der Waals surface area contributed by atoms with Crippen LogP contribution in [0.15, 0.2) is 32.3 Å². The van der Waals surface area contributed by atoms with Gasteiger partial charge in [0, 0.05) is 19.3 Å². The molecule has 0 bridgehead atoms. The standard InChI is InChI=1S/C25H28N4O5/c1-12-11-13-7-9-25(2,3)23(22(13)34-12)28-17-16(20(31)21(17)32)27-15-8-10-26-18(19(15)30)24(33)29(4)14-5-6-14/h8,10-11,14,23,28,30H,5-7,9H2,1-4H3,(H,26,27)/t23-/m1/s1. The Balaban J connectivity index is 1.45. The molecule has 1 atom stereocenters. The van der Waals surface area contributed by atoms with Gasteiger partial charge >= 0.3 is 0 Å². The van der Waals surface area contributed by atoms with Crippen molar-refractivity contribution in [2.24, 2.45) is 5.41 Å². The molecule has 9 heteroatoms. The van der Waals surface area contributed by atoms with E-state index in [9.17, 15) is 19.5 Å². The molecule has 2 heterocycles. The van der Waals surface area contributed by atoms with Crippen molar-refractivity contribution in [1.82, 2.24) is 9.88 Å². The van der Waals surface area contributed by atoms with Gasteiger partial charge in [-0.15, -0.1) is 0 Å². The number of pyridine rings is 1. The van der Waals surface area contributed by atoms with Crippen LogP contribution < -0.4 is 21.5 Å². The molecule has 0 unspecified atom stereocenters. The maximum atomic E-state index is 12.7. The number of nitrogens with zero attached hydrogens (tertiary/aromatic N) is 2. The molecular formula is C25H28N4O5. The molecule has 1 fully saturated rings. The zero-order valence-electron chi connectivity index (χ0n) is 19.7. The Kier molecular flexibility index (Phi) is 5.03. The number of carbonyl (C=O) groups is 1. The third-order valence-electron chi connectivity index (χ3n) is 7.05. The van der Waals surface area contributed by atoms with Gasteiger partial charge in [-0.05, 0) is 55.7 Å². The molecule has 9 nitrogen and oxygen atoms in total. The second-order valence-corrected chi connectivity index (χ2v) is 10.0. The fraction of sp³-hybridized carbons (Fsp3) is 0.440. The molecule has 34 heavy (non-hydrogen) atoms. The number of hydrogen-bond donors (Lipinski definition) is 3. The average molecular weight is 465 g/mol. The molecule has 2 aliphatic carbocycles. The van der Waals surface area contributed by atoms with Gasteiger partial charge in [-0.1, -0.05) is 13.8 Å². The Hall–Kier alpha value is -3.62. The summed E-state index contributed by atoms with van der Waals surface area (Å²) in [5.41, 5.74) is -0.224. The van der Waals surface area contributed by atoms with Crippen molar-refractivity contribution in [1.29, 1.82) is 0 Å². The highest BCUT2D eigenvalue weighted by atomic mass is 16.3. The van der Waals surface area contributed by atoms with E-state index in [2.05, 4.69) is 29.5 Å². The summed E-state index contributed by atoms with van der Waals surface area (Å²) in [5, 5.41) is 16.8. The summed E-state index contributed by atoms with van der Waals surface area (Å²) in [6.45, 7) is 6.07. The molecule has 2 aliphatic rings. The SMILES string of the molecule is Cc1cc2c(o1)[C@@H](Nc1c(Nc3ccnc(C(=O)N(C)C4CC4)c3O)c(=O)c1=O)C(C)(C)CC2. The molecule has 1 amide bonds. The minimum atomic E-state index is -0.689. The van der Waals surface area contributed by atoms with E-state index >= 15 is 0 Å². The van der Waals surface area contributed by atoms with Gasteiger partial charge in [0.15, 0.2) is 11.4 Å². The predicted octanol–water partition coefficient (Wildman–Crippen LogP) is 3.39. The molecule has 0 spiro atoms. The maximum Gasteiger partial charge on any atom is 0.276 e. The van der Waals surface area contributed by atoms with Crippen LogP contribution >= 0.6 is 0 Å². The summed E-state index contributed by atoms with van der Waals surface area (Å²) in [7, 11) is 1.68. The van der Waals surface area contributed by atoms with Crippen LogP contribution in [0.3, 0.4) is 0 Å². The molecular weight excluding hydrogens is 436 g/mol.